The first kappa shape index (κ1) is 16.0. The van der Waals surface area contributed by atoms with Gasteiger partial charge in [0.25, 0.3) is 0 Å². The van der Waals surface area contributed by atoms with E-state index in [1.54, 1.807) is 0 Å². The number of hydrogen-bond donors (Lipinski definition) is 2. The average Bonchev–Trinajstić information content (AvgIpc) is 3.05. The first-order valence-corrected chi connectivity index (χ1v) is 6.31. The normalized spacial score (nSPS) is 15.5. The molecule has 96 valence electrons. The van der Waals surface area contributed by atoms with Crippen molar-refractivity contribution in [2.24, 2.45) is 10.9 Å². The average molecular weight is 339 g/mol. The fourth-order valence-corrected chi connectivity index (χ4v) is 1.61. The molecule has 1 saturated carbocycles. The molecule has 0 spiro atoms. The minimum Gasteiger partial charge on any atom is -0.356 e. The summed E-state index contributed by atoms with van der Waals surface area (Å²) in [6, 6.07) is 0. The lowest BCUT2D eigenvalue weighted by molar-refractivity contribution is 0.641. The zero-order chi connectivity index (χ0) is 10.9. The second-order valence-corrected chi connectivity index (χ2v) is 4.36. The standard InChI is InChI=1S/C12H25N3.HI/c1-3-4-9-14-12(13-2)15-10-5-6-11-7-8-11;/h11H,3-10H2,1-2H3,(H2,13,14,15);1H. The molecule has 0 atom stereocenters. The number of rotatable bonds is 7. The Balaban J connectivity index is 0.00000225. The van der Waals surface area contributed by atoms with Crippen LogP contribution in [0.4, 0.5) is 0 Å². The summed E-state index contributed by atoms with van der Waals surface area (Å²) in [5, 5.41) is 6.66. The molecule has 1 aliphatic rings. The van der Waals surface area contributed by atoms with Gasteiger partial charge in [-0.05, 0) is 25.2 Å². The Morgan fingerprint density at radius 2 is 1.81 bits per heavy atom. The molecule has 0 radical (unpaired) electrons. The summed E-state index contributed by atoms with van der Waals surface area (Å²) in [6.07, 6.45) is 8.03. The predicted octanol–water partition coefficient (Wildman–Crippen LogP) is 2.76. The molecule has 0 aliphatic heterocycles. The van der Waals surface area contributed by atoms with Crippen LogP contribution in [0, 0.1) is 5.92 Å². The first-order valence-electron chi connectivity index (χ1n) is 6.31. The second kappa shape index (κ2) is 10.2. The Labute approximate surface area is 117 Å². The van der Waals surface area contributed by atoms with Crippen molar-refractivity contribution >= 4 is 29.9 Å². The lowest BCUT2D eigenvalue weighted by Crippen LogP contribution is -2.38. The number of nitrogens with one attached hydrogen (secondary N) is 2. The third-order valence-corrected chi connectivity index (χ3v) is 2.82. The van der Waals surface area contributed by atoms with Crippen LogP contribution in [0.3, 0.4) is 0 Å². The summed E-state index contributed by atoms with van der Waals surface area (Å²) >= 11 is 0. The summed E-state index contributed by atoms with van der Waals surface area (Å²) < 4.78 is 0. The third-order valence-electron chi connectivity index (χ3n) is 2.82. The van der Waals surface area contributed by atoms with E-state index >= 15 is 0 Å². The third kappa shape index (κ3) is 8.19. The highest BCUT2D eigenvalue weighted by Crippen LogP contribution is 2.33. The largest absolute Gasteiger partial charge is 0.356 e. The van der Waals surface area contributed by atoms with Crippen molar-refractivity contribution in [3.8, 4) is 0 Å². The van der Waals surface area contributed by atoms with E-state index in [-0.39, 0.29) is 24.0 Å². The highest BCUT2D eigenvalue weighted by Gasteiger charge is 2.19. The Morgan fingerprint density at radius 3 is 2.31 bits per heavy atom. The second-order valence-electron chi connectivity index (χ2n) is 4.36. The molecule has 0 bridgehead atoms. The topological polar surface area (TPSA) is 36.4 Å². The van der Waals surface area contributed by atoms with Crippen LogP contribution in [0.2, 0.25) is 0 Å². The van der Waals surface area contributed by atoms with Crippen molar-refractivity contribution in [2.75, 3.05) is 20.1 Å². The molecule has 0 aromatic heterocycles. The van der Waals surface area contributed by atoms with Gasteiger partial charge in [0.2, 0.25) is 0 Å². The number of unbranched alkanes of at least 4 members (excludes halogenated alkanes) is 1. The maximum atomic E-state index is 4.19. The van der Waals surface area contributed by atoms with Crippen molar-refractivity contribution in [3.63, 3.8) is 0 Å². The fourth-order valence-electron chi connectivity index (χ4n) is 1.61. The number of aliphatic imine (C=N–C) groups is 1. The van der Waals surface area contributed by atoms with Gasteiger partial charge in [0.1, 0.15) is 0 Å². The highest BCUT2D eigenvalue weighted by molar-refractivity contribution is 14.0. The molecule has 4 heteroatoms. The Bertz CT molecular complexity index is 191. The SMILES string of the molecule is CCCCNC(=NC)NCCCC1CC1.I. The number of hydrogen-bond acceptors (Lipinski definition) is 1. The van der Waals surface area contributed by atoms with Crippen LogP contribution in [0.1, 0.15) is 45.4 Å². The van der Waals surface area contributed by atoms with Crippen LogP contribution in [0.25, 0.3) is 0 Å². The smallest absolute Gasteiger partial charge is 0.190 e. The van der Waals surface area contributed by atoms with E-state index in [1.807, 2.05) is 7.05 Å². The predicted molar refractivity (Wildman–Crippen MR) is 81.6 cm³/mol. The minimum absolute atomic E-state index is 0. The van der Waals surface area contributed by atoms with Gasteiger partial charge in [-0.2, -0.15) is 0 Å². The van der Waals surface area contributed by atoms with Crippen LogP contribution in [0.5, 0.6) is 0 Å². The van der Waals surface area contributed by atoms with Gasteiger partial charge in [0, 0.05) is 20.1 Å². The molecular weight excluding hydrogens is 313 g/mol. The lowest BCUT2D eigenvalue weighted by Gasteiger charge is -2.11. The maximum absolute atomic E-state index is 4.19. The molecule has 0 heterocycles. The number of nitrogens with zero attached hydrogens (tertiary/aromatic N) is 1. The lowest BCUT2D eigenvalue weighted by atomic mass is 10.2. The summed E-state index contributed by atoms with van der Waals surface area (Å²) in [6.45, 7) is 4.29. The molecule has 0 amide bonds. The summed E-state index contributed by atoms with van der Waals surface area (Å²) in [7, 11) is 1.84. The van der Waals surface area contributed by atoms with Crippen molar-refractivity contribution < 1.29 is 0 Å². The molecular formula is C12H26IN3. The van der Waals surface area contributed by atoms with Crippen LogP contribution >= 0.6 is 24.0 Å². The first-order chi connectivity index (χ1) is 7.36. The molecule has 1 aliphatic carbocycles. The molecule has 0 saturated heterocycles. The highest BCUT2D eigenvalue weighted by atomic mass is 127. The van der Waals surface area contributed by atoms with E-state index in [1.165, 1.54) is 38.5 Å². The van der Waals surface area contributed by atoms with Gasteiger partial charge < -0.3 is 10.6 Å². The quantitative estimate of drug-likeness (QED) is 0.324. The van der Waals surface area contributed by atoms with E-state index in [0.717, 1.165) is 25.0 Å². The van der Waals surface area contributed by atoms with E-state index < -0.39 is 0 Å². The van der Waals surface area contributed by atoms with Crippen LogP contribution in [-0.2, 0) is 0 Å². The van der Waals surface area contributed by atoms with E-state index in [0.29, 0.717) is 0 Å². The monoisotopic (exact) mass is 339 g/mol. The van der Waals surface area contributed by atoms with Gasteiger partial charge >= 0.3 is 0 Å². The van der Waals surface area contributed by atoms with Crippen LogP contribution in [-0.4, -0.2) is 26.1 Å². The zero-order valence-electron chi connectivity index (χ0n) is 10.6. The van der Waals surface area contributed by atoms with Gasteiger partial charge in [0.05, 0.1) is 0 Å². The van der Waals surface area contributed by atoms with Gasteiger partial charge in [-0.1, -0.05) is 26.2 Å². The number of halogens is 1. The van der Waals surface area contributed by atoms with E-state index in [4.69, 9.17) is 0 Å². The van der Waals surface area contributed by atoms with Gasteiger partial charge in [-0.15, -0.1) is 24.0 Å². The summed E-state index contributed by atoms with van der Waals surface area (Å²) in [5.74, 6) is 2.00. The molecule has 1 fully saturated rings. The molecule has 0 aromatic rings. The summed E-state index contributed by atoms with van der Waals surface area (Å²) in [5.41, 5.74) is 0. The van der Waals surface area contributed by atoms with Crippen molar-refractivity contribution in [1.82, 2.24) is 10.6 Å². The van der Waals surface area contributed by atoms with Crippen LogP contribution < -0.4 is 10.6 Å². The number of guanidine groups is 1. The van der Waals surface area contributed by atoms with Crippen molar-refractivity contribution in [1.29, 1.82) is 0 Å². The molecule has 2 N–H and O–H groups in total. The Morgan fingerprint density at radius 1 is 1.19 bits per heavy atom. The molecule has 1 rings (SSSR count). The van der Waals surface area contributed by atoms with Crippen molar-refractivity contribution in [3.05, 3.63) is 0 Å². The van der Waals surface area contributed by atoms with Gasteiger partial charge in [0.15, 0.2) is 5.96 Å². The maximum Gasteiger partial charge on any atom is 0.190 e. The molecule has 16 heavy (non-hydrogen) atoms. The molecule has 3 nitrogen and oxygen atoms in total. The van der Waals surface area contributed by atoms with Crippen LogP contribution in [0.15, 0.2) is 4.99 Å². The van der Waals surface area contributed by atoms with E-state index in [2.05, 4.69) is 22.5 Å². The molecule has 0 aromatic carbocycles. The van der Waals surface area contributed by atoms with Gasteiger partial charge in [-0.3, -0.25) is 4.99 Å². The summed E-state index contributed by atoms with van der Waals surface area (Å²) in [4.78, 5) is 4.19. The van der Waals surface area contributed by atoms with Crippen molar-refractivity contribution in [2.45, 2.75) is 45.4 Å². The zero-order valence-corrected chi connectivity index (χ0v) is 12.9. The Kier molecular flexibility index (Phi) is 10.2. The van der Waals surface area contributed by atoms with E-state index in [9.17, 15) is 0 Å². The minimum atomic E-state index is 0. The Hall–Kier alpha value is 0. The molecule has 0 unspecified atom stereocenters. The van der Waals surface area contributed by atoms with Gasteiger partial charge in [-0.25, -0.2) is 0 Å². The fraction of sp³-hybridized carbons (Fsp3) is 0.917.